The van der Waals surface area contributed by atoms with E-state index in [-0.39, 0.29) is 5.56 Å². The van der Waals surface area contributed by atoms with Crippen molar-refractivity contribution in [2.75, 3.05) is 6.54 Å². The number of fused-ring (bicyclic) bond motifs is 3. The smallest absolute Gasteiger partial charge is 0.258 e. The summed E-state index contributed by atoms with van der Waals surface area (Å²) in [4.78, 5) is 20.1. The van der Waals surface area contributed by atoms with Crippen molar-refractivity contribution in [3.8, 4) is 11.4 Å². The van der Waals surface area contributed by atoms with Gasteiger partial charge in [0, 0.05) is 59.7 Å². The predicted octanol–water partition coefficient (Wildman–Crippen LogP) is 4.18. The largest absolute Gasteiger partial charge is 0.489 e. The van der Waals surface area contributed by atoms with E-state index in [0.29, 0.717) is 18.0 Å². The van der Waals surface area contributed by atoms with Crippen LogP contribution in [-0.2, 0) is 19.6 Å². The van der Waals surface area contributed by atoms with Crippen molar-refractivity contribution in [3.63, 3.8) is 0 Å². The van der Waals surface area contributed by atoms with Gasteiger partial charge in [-0.1, -0.05) is 6.07 Å². The van der Waals surface area contributed by atoms with Crippen LogP contribution in [0.4, 0.5) is 0 Å². The predicted molar refractivity (Wildman–Crippen MR) is 125 cm³/mol. The highest BCUT2D eigenvalue weighted by Gasteiger charge is 2.22. The number of rotatable bonds is 5. The lowest BCUT2D eigenvalue weighted by molar-refractivity contribution is 0.304. The number of nitrogens with one attached hydrogen (secondary N) is 1. The van der Waals surface area contributed by atoms with Crippen molar-refractivity contribution in [2.45, 2.75) is 32.9 Å². The summed E-state index contributed by atoms with van der Waals surface area (Å²) < 4.78 is 8.99. The SMILES string of the molecule is Cc1ccc(COc2ccn(-c3ccc4c5c(n(N=[N+]=[N-])c4c3)CCCNC5)c(=O)c2)cn1. The monoisotopic (exact) mass is 441 g/mol. The summed E-state index contributed by atoms with van der Waals surface area (Å²) >= 11 is 0. The van der Waals surface area contributed by atoms with Crippen molar-refractivity contribution < 1.29 is 4.74 Å². The summed E-state index contributed by atoms with van der Waals surface area (Å²) in [5.74, 6) is 0.494. The number of aromatic nitrogens is 3. The Bertz CT molecular complexity index is 1430. The van der Waals surface area contributed by atoms with Gasteiger partial charge in [-0.15, -0.1) is 5.53 Å². The van der Waals surface area contributed by atoms with Crippen molar-refractivity contribution in [1.29, 1.82) is 0 Å². The first kappa shape index (κ1) is 20.8. The molecule has 9 nitrogen and oxygen atoms in total. The van der Waals surface area contributed by atoms with Crippen LogP contribution in [0.1, 0.15) is 28.9 Å². The molecule has 5 rings (SSSR count). The maximum absolute atomic E-state index is 12.9. The van der Waals surface area contributed by atoms with Gasteiger partial charge in [-0.05, 0) is 49.4 Å². The van der Waals surface area contributed by atoms with Crippen LogP contribution in [0, 0.1) is 6.92 Å². The van der Waals surface area contributed by atoms with Crippen molar-refractivity contribution in [3.05, 3.63) is 98.2 Å². The van der Waals surface area contributed by atoms with E-state index in [1.54, 1.807) is 27.7 Å². The molecule has 4 aromatic rings. The summed E-state index contributed by atoms with van der Waals surface area (Å²) in [6, 6.07) is 12.9. The third-order valence-corrected chi connectivity index (χ3v) is 5.88. The van der Waals surface area contributed by atoms with Crippen LogP contribution in [0.15, 0.2) is 64.9 Å². The Hall–Kier alpha value is -4.07. The van der Waals surface area contributed by atoms with Crippen LogP contribution in [0.5, 0.6) is 5.75 Å². The van der Waals surface area contributed by atoms with E-state index in [4.69, 9.17) is 10.3 Å². The molecule has 0 spiro atoms. The maximum atomic E-state index is 12.9. The normalized spacial score (nSPS) is 13.2. The number of hydrogen-bond donors (Lipinski definition) is 1. The van der Waals surface area contributed by atoms with E-state index in [1.165, 1.54) is 6.07 Å². The quantitative estimate of drug-likeness (QED) is 0.284. The molecule has 4 heterocycles. The van der Waals surface area contributed by atoms with Crippen molar-refractivity contribution >= 4 is 10.9 Å². The van der Waals surface area contributed by atoms with E-state index in [0.717, 1.165) is 59.3 Å². The Balaban J connectivity index is 1.47. The minimum atomic E-state index is -0.209. The molecule has 0 unspecified atom stereocenters. The fourth-order valence-corrected chi connectivity index (χ4v) is 4.23. The highest BCUT2D eigenvalue weighted by atomic mass is 16.5. The average molecular weight is 441 g/mol. The lowest BCUT2D eigenvalue weighted by Crippen LogP contribution is -2.16. The van der Waals surface area contributed by atoms with Gasteiger partial charge >= 0.3 is 0 Å². The van der Waals surface area contributed by atoms with Gasteiger partial charge in [0.1, 0.15) is 23.6 Å². The van der Waals surface area contributed by atoms with Crippen LogP contribution in [0.25, 0.3) is 27.0 Å². The molecule has 0 bridgehead atoms. The minimum Gasteiger partial charge on any atom is -0.489 e. The summed E-state index contributed by atoms with van der Waals surface area (Å²) in [5.41, 5.74) is 14.4. The van der Waals surface area contributed by atoms with Gasteiger partial charge in [-0.25, -0.2) is 0 Å². The molecule has 0 fully saturated rings. The lowest BCUT2D eigenvalue weighted by Gasteiger charge is -2.09. The van der Waals surface area contributed by atoms with Crippen molar-refractivity contribution in [2.24, 2.45) is 5.22 Å². The second-order valence-electron chi connectivity index (χ2n) is 8.06. The second-order valence-corrected chi connectivity index (χ2v) is 8.06. The second kappa shape index (κ2) is 8.82. The standard InChI is InChI=1S/C24H23N7O2/c1-16-4-5-17(13-27-16)15-33-19-8-10-30(24(32)12-19)18-6-7-20-21-14-26-9-2-3-22(21)31(29-28-25)23(20)11-18/h4-8,10-13,26H,2-3,9,14-15H2,1H3. The molecule has 3 aromatic heterocycles. The Kier molecular flexibility index (Phi) is 5.56. The number of aryl methyl sites for hydroxylation is 1. The van der Waals surface area contributed by atoms with E-state index in [2.05, 4.69) is 20.4 Å². The molecule has 0 aliphatic carbocycles. The lowest BCUT2D eigenvalue weighted by atomic mass is 10.1. The molecule has 1 aromatic carbocycles. The zero-order valence-electron chi connectivity index (χ0n) is 18.2. The van der Waals surface area contributed by atoms with Gasteiger partial charge < -0.3 is 10.1 Å². The summed E-state index contributed by atoms with van der Waals surface area (Å²) in [7, 11) is 0. The van der Waals surface area contributed by atoms with Gasteiger partial charge in [0.2, 0.25) is 0 Å². The maximum Gasteiger partial charge on any atom is 0.258 e. The molecule has 0 radical (unpaired) electrons. The number of nitrogens with zero attached hydrogens (tertiary/aromatic N) is 6. The molecule has 0 saturated carbocycles. The number of benzene rings is 1. The van der Waals surface area contributed by atoms with Crippen molar-refractivity contribution in [1.82, 2.24) is 19.5 Å². The van der Waals surface area contributed by atoms with Crippen LogP contribution in [-0.4, -0.2) is 20.8 Å². The first-order chi connectivity index (χ1) is 16.1. The fraction of sp³-hybridized carbons (Fsp3) is 0.250. The molecule has 0 atom stereocenters. The number of ether oxygens (including phenoxy) is 1. The van der Waals surface area contributed by atoms with Gasteiger partial charge in [-0.2, -0.15) is 9.59 Å². The first-order valence-electron chi connectivity index (χ1n) is 10.8. The molecule has 33 heavy (non-hydrogen) atoms. The molecular weight excluding hydrogens is 418 g/mol. The zero-order valence-corrected chi connectivity index (χ0v) is 18.2. The molecule has 166 valence electrons. The van der Waals surface area contributed by atoms with Crippen LogP contribution in [0.3, 0.4) is 0 Å². The van der Waals surface area contributed by atoms with Gasteiger partial charge in [0.05, 0.1) is 5.69 Å². The third-order valence-electron chi connectivity index (χ3n) is 5.88. The molecular formula is C24H23N7O2. The number of pyridine rings is 2. The van der Waals surface area contributed by atoms with E-state index in [1.807, 2.05) is 37.3 Å². The van der Waals surface area contributed by atoms with Gasteiger partial charge in [-0.3, -0.25) is 14.3 Å². The van der Waals surface area contributed by atoms with Gasteiger partial charge in [0.15, 0.2) is 0 Å². The topological polar surface area (TPSA) is 110 Å². The molecule has 0 saturated heterocycles. The minimum absolute atomic E-state index is 0.209. The Morgan fingerprint density at radius 1 is 1.24 bits per heavy atom. The Morgan fingerprint density at radius 2 is 2.15 bits per heavy atom. The highest BCUT2D eigenvalue weighted by molar-refractivity contribution is 5.87. The summed E-state index contributed by atoms with van der Waals surface area (Å²) in [6.45, 7) is 3.91. The Morgan fingerprint density at radius 3 is 2.94 bits per heavy atom. The number of azide groups is 1. The summed E-state index contributed by atoms with van der Waals surface area (Å²) in [5, 5.41) is 8.38. The molecule has 1 N–H and O–H groups in total. The van der Waals surface area contributed by atoms with Crippen LogP contribution in [0.2, 0.25) is 0 Å². The zero-order chi connectivity index (χ0) is 22.8. The molecule has 0 amide bonds. The third kappa shape index (κ3) is 4.07. The molecule has 9 heteroatoms. The van der Waals surface area contributed by atoms with E-state index >= 15 is 0 Å². The number of hydrogen-bond acceptors (Lipinski definition) is 5. The van der Waals surface area contributed by atoms with Gasteiger partial charge in [0.25, 0.3) is 5.56 Å². The van der Waals surface area contributed by atoms with Crippen LogP contribution >= 0.6 is 0 Å². The molecule has 1 aliphatic rings. The van der Waals surface area contributed by atoms with E-state index < -0.39 is 0 Å². The average Bonchev–Trinajstić information content (AvgIpc) is 2.96. The molecule has 1 aliphatic heterocycles. The summed E-state index contributed by atoms with van der Waals surface area (Å²) in [6.07, 6.45) is 5.26. The first-order valence-corrected chi connectivity index (χ1v) is 10.8. The van der Waals surface area contributed by atoms with Crippen LogP contribution < -0.4 is 15.6 Å². The highest BCUT2D eigenvalue weighted by Crippen LogP contribution is 2.30. The van der Waals surface area contributed by atoms with E-state index in [9.17, 15) is 4.79 Å². The Labute approximate surface area is 189 Å². The fourth-order valence-electron chi connectivity index (χ4n) is 4.23.